The fourth-order valence-corrected chi connectivity index (χ4v) is 5.59. The van der Waals surface area contributed by atoms with E-state index in [9.17, 15) is 9.59 Å². The fraction of sp³-hybridized carbons (Fsp3) is 0.483. The number of halogens is 1. The Morgan fingerprint density at radius 1 is 1.21 bits per heavy atom. The molecule has 1 aliphatic heterocycles. The van der Waals surface area contributed by atoms with Crippen molar-refractivity contribution in [3.8, 4) is 0 Å². The summed E-state index contributed by atoms with van der Waals surface area (Å²) >= 11 is 6.51. The molecule has 1 amide bonds. The summed E-state index contributed by atoms with van der Waals surface area (Å²) in [5, 5.41) is 8.32. The summed E-state index contributed by atoms with van der Waals surface area (Å²) in [6.45, 7) is 3.60. The molecule has 1 aromatic carbocycles. The lowest BCUT2D eigenvalue weighted by Gasteiger charge is -2.24. The highest BCUT2D eigenvalue weighted by Gasteiger charge is 2.30. The molecule has 5 rings (SSSR count). The molecule has 8 nitrogen and oxygen atoms in total. The molecule has 2 fully saturated rings. The lowest BCUT2D eigenvalue weighted by molar-refractivity contribution is 0.0715. The van der Waals surface area contributed by atoms with E-state index in [1.807, 2.05) is 23.1 Å². The molecule has 3 heterocycles. The molecule has 2 aromatic heterocycles. The predicted octanol–water partition coefficient (Wildman–Crippen LogP) is 5.57. The highest BCUT2D eigenvalue weighted by Crippen LogP contribution is 2.36. The highest BCUT2D eigenvalue weighted by molar-refractivity contribution is 6.33. The van der Waals surface area contributed by atoms with Crippen LogP contribution in [-0.4, -0.2) is 52.7 Å². The smallest absolute Gasteiger partial charge is 0.272 e. The van der Waals surface area contributed by atoms with Crippen LogP contribution in [0.3, 0.4) is 0 Å². The average molecular weight is 538 g/mol. The van der Waals surface area contributed by atoms with Crippen LogP contribution >= 0.6 is 11.6 Å². The van der Waals surface area contributed by atoms with Crippen LogP contribution in [0.5, 0.6) is 0 Å². The van der Waals surface area contributed by atoms with Crippen LogP contribution in [0.1, 0.15) is 55.9 Å². The number of benzene rings is 1. The lowest BCUT2D eigenvalue weighted by atomic mass is 10.1. The molecule has 1 saturated carbocycles. The van der Waals surface area contributed by atoms with Gasteiger partial charge in [-0.25, -0.2) is 4.98 Å². The zero-order valence-corrected chi connectivity index (χ0v) is 23.1. The van der Waals surface area contributed by atoms with Gasteiger partial charge in [-0.15, -0.1) is 0 Å². The monoisotopic (exact) mass is 537 g/mol. The summed E-state index contributed by atoms with van der Waals surface area (Å²) in [5.41, 5.74) is 3.43. The second kappa shape index (κ2) is 11.3. The van der Waals surface area contributed by atoms with Crippen molar-refractivity contribution in [1.29, 1.82) is 0 Å². The molecule has 0 spiro atoms. The molecule has 3 aromatic rings. The van der Waals surface area contributed by atoms with Crippen molar-refractivity contribution in [2.45, 2.75) is 57.5 Å². The maximum atomic E-state index is 13.4. The third-order valence-corrected chi connectivity index (χ3v) is 8.14. The van der Waals surface area contributed by atoms with Gasteiger partial charge < -0.3 is 24.8 Å². The Kier molecular flexibility index (Phi) is 7.91. The zero-order chi connectivity index (χ0) is 26.8. The Morgan fingerprint density at radius 3 is 2.79 bits per heavy atom. The van der Waals surface area contributed by atoms with Gasteiger partial charge in [0.1, 0.15) is 5.69 Å². The standard InChI is InChI=1S/C29H36ClN5O3/c1-18(19-8-9-19)32-24-16-28(36)34(2)27-11-10-20(14-22(24)27)33-25-15-26(31-17-23(25)30)29(37)35-12-4-6-21(35)7-5-13-38-3/h10-11,14-19,21,32H,4-9,12-13H2,1-3H3,(H,31,33). The molecule has 2 atom stereocenters. The van der Waals surface area contributed by atoms with E-state index in [0.29, 0.717) is 35.0 Å². The van der Waals surface area contributed by atoms with E-state index in [2.05, 4.69) is 22.5 Å². The van der Waals surface area contributed by atoms with Crippen molar-refractivity contribution < 1.29 is 9.53 Å². The highest BCUT2D eigenvalue weighted by atomic mass is 35.5. The van der Waals surface area contributed by atoms with Crippen LogP contribution in [-0.2, 0) is 11.8 Å². The Labute approximate surface area is 228 Å². The van der Waals surface area contributed by atoms with E-state index in [4.69, 9.17) is 16.3 Å². The third kappa shape index (κ3) is 5.66. The van der Waals surface area contributed by atoms with Crippen LogP contribution in [0.2, 0.25) is 5.02 Å². The van der Waals surface area contributed by atoms with Gasteiger partial charge in [0, 0.05) is 68.4 Å². The first-order chi connectivity index (χ1) is 18.4. The molecule has 2 N–H and O–H groups in total. The Morgan fingerprint density at radius 2 is 2.03 bits per heavy atom. The number of anilines is 3. The van der Waals surface area contributed by atoms with Gasteiger partial charge in [-0.3, -0.25) is 9.59 Å². The van der Waals surface area contributed by atoms with E-state index < -0.39 is 0 Å². The largest absolute Gasteiger partial charge is 0.385 e. The summed E-state index contributed by atoms with van der Waals surface area (Å²) in [6, 6.07) is 9.77. The second-order valence-electron chi connectivity index (χ2n) is 10.6. The number of ether oxygens (including phenoxy) is 1. The Bertz CT molecular complexity index is 1390. The molecule has 202 valence electrons. The lowest BCUT2D eigenvalue weighted by Crippen LogP contribution is -2.36. The topological polar surface area (TPSA) is 88.5 Å². The number of pyridine rings is 2. The third-order valence-electron chi connectivity index (χ3n) is 7.84. The maximum absolute atomic E-state index is 13.4. The maximum Gasteiger partial charge on any atom is 0.272 e. The minimum atomic E-state index is -0.0707. The van der Waals surface area contributed by atoms with Gasteiger partial charge in [0.15, 0.2) is 0 Å². The molecule has 9 heteroatoms. The number of nitrogens with zero attached hydrogens (tertiary/aromatic N) is 3. The van der Waals surface area contributed by atoms with Crippen molar-refractivity contribution in [2.24, 2.45) is 13.0 Å². The number of carbonyl (C=O) groups is 1. The van der Waals surface area contributed by atoms with E-state index in [0.717, 1.165) is 54.5 Å². The normalized spacial score (nSPS) is 18.1. The first-order valence-electron chi connectivity index (χ1n) is 13.5. The van der Waals surface area contributed by atoms with E-state index in [-0.39, 0.29) is 17.5 Å². The van der Waals surface area contributed by atoms with Crippen molar-refractivity contribution in [2.75, 3.05) is 30.9 Å². The molecule has 1 aliphatic carbocycles. The predicted molar refractivity (Wildman–Crippen MR) is 153 cm³/mol. The van der Waals surface area contributed by atoms with Crippen molar-refractivity contribution in [1.82, 2.24) is 14.5 Å². The van der Waals surface area contributed by atoms with E-state index in [1.54, 1.807) is 30.9 Å². The number of fused-ring (bicyclic) bond motifs is 1. The fourth-order valence-electron chi connectivity index (χ4n) is 5.44. The number of aromatic nitrogens is 2. The number of amides is 1. The molecular formula is C29H36ClN5O3. The number of hydrogen-bond acceptors (Lipinski definition) is 6. The minimum absolute atomic E-state index is 0.0496. The molecule has 2 aliphatic rings. The van der Waals surface area contributed by atoms with Gasteiger partial charge in [0.25, 0.3) is 11.5 Å². The number of hydrogen-bond donors (Lipinski definition) is 2. The summed E-state index contributed by atoms with van der Waals surface area (Å²) in [4.78, 5) is 32.3. The van der Waals surface area contributed by atoms with Crippen LogP contribution in [0.25, 0.3) is 10.9 Å². The van der Waals surface area contributed by atoms with Gasteiger partial charge in [0.05, 0.1) is 16.2 Å². The van der Waals surface area contributed by atoms with Crippen LogP contribution in [0.15, 0.2) is 41.3 Å². The molecule has 1 saturated heterocycles. The average Bonchev–Trinajstić information content (AvgIpc) is 3.66. The SMILES string of the molecule is COCCCC1CCCN1C(=O)c1cc(Nc2ccc3c(c2)c(NC(C)C2CC2)cc(=O)n3C)c(Cl)cn1. The van der Waals surface area contributed by atoms with Crippen molar-refractivity contribution in [3.05, 3.63) is 57.6 Å². The number of carbonyl (C=O) groups excluding carboxylic acids is 1. The Balaban J connectivity index is 1.40. The van der Waals surface area contributed by atoms with E-state index >= 15 is 0 Å². The van der Waals surface area contributed by atoms with Gasteiger partial charge in [-0.2, -0.15) is 0 Å². The van der Waals surface area contributed by atoms with Gasteiger partial charge in [-0.05, 0) is 75.6 Å². The van der Waals surface area contributed by atoms with Crippen molar-refractivity contribution in [3.63, 3.8) is 0 Å². The van der Waals surface area contributed by atoms with Gasteiger partial charge >= 0.3 is 0 Å². The summed E-state index contributed by atoms with van der Waals surface area (Å²) in [5.74, 6) is 0.580. The minimum Gasteiger partial charge on any atom is -0.385 e. The molecule has 38 heavy (non-hydrogen) atoms. The zero-order valence-electron chi connectivity index (χ0n) is 22.3. The number of nitrogens with one attached hydrogen (secondary N) is 2. The first-order valence-corrected chi connectivity index (χ1v) is 13.9. The van der Waals surface area contributed by atoms with Crippen molar-refractivity contribution >= 4 is 45.5 Å². The van der Waals surface area contributed by atoms with E-state index in [1.165, 1.54) is 19.0 Å². The number of rotatable bonds is 10. The molecular weight excluding hydrogens is 502 g/mol. The second-order valence-corrected chi connectivity index (χ2v) is 11.0. The molecule has 0 radical (unpaired) electrons. The Hall–Kier alpha value is -3.10. The number of methoxy groups -OCH3 is 1. The number of aryl methyl sites for hydroxylation is 1. The van der Waals surface area contributed by atoms with Crippen LogP contribution in [0.4, 0.5) is 17.1 Å². The molecule has 2 unspecified atom stereocenters. The van der Waals surface area contributed by atoms with Gasteiger partial charge in [-0.1, -0.05) is 11.6 Å². The summed E-state index contributed by atoms with van der Waals surface area (Å²) < 4.78 is 6.84. The summed E-state index contributed by atoms with van der Waals surface area (Å²) in [7, 11) is 3.48. The quantitative estimate of drug-likeness (QED) is 0.329. The van der Waals surface area contributed by atoms with Gasteiger partial charge in [0.2, 0.25) is 0 Å². The summed E-state index contributed by atoms with van der Waals surface area (Å²) in [6.07, 6.45) is 7.82. The van der Waals surface area contributed by atoms with Crippen LogP contribution < -0.4 is 16.2 Å². The first kappa shape index (κ1) is 26.5. The number of likely N-dealkylation sites (tertiary alicyclic amines) is 1. The van der Waals surface area contributed by atoms with Crippen LogP contribution in [0, 0.1) is 5.92 Å². The molecule has 0 bridgehead atoms.